The standard InChI is InChI=1S/C31H33N4O4.Al/c1-24(33(20-25-10-4-2-5-11-25)21-26-12-6-3-7-13-26)22-39-31(38)32-18-16-27(17-19-32)35-29-15-9-8-14-28(29)34(23-36)30(35)37;/h2-15,24,27H,16-22H2,1H3;. The maximum Gasteiger partial charge on any atom is 0.409 e. The summed E-state index contributed by atoms with van der Waals surface area (Å²) in [5.41, 5.74) is 3.40. The number of imidazole rings is 1. The fourth-order valence-corrected chi connectivity index (χ4v) is 5.68. The molecule has 0 saturated carbocycles. The van der Waals surface area contributed by atoms with Crippen LogP contribution in [-0.4, -0.2) is 71.8 Å². The third-order valence-corrected chi connectivity index (χ3v) is 7.87. The Morgan fingerprint density at radius 2 is 1.40 bits per heavy atom. The molecule has 0 aliphatic carbocycles. The van der Waals surface area contributed by atoms with Crippen LogP contribution in [0.5, 0.6) is 0 Å². The second-order valence-electron chi connectivity index (χ2n) is 10.3. The Bertz CT molecular complexity index is 1470. The number of aromatic nitrogens is 2. The first-order chi connectivity index (χ1) is 19.4. The number of para-hydroxylation sites is 2. The summed E-state index contributed by atoms with van der Waals surface area (Å²) in [5, 5.41) is 0. The Morgan fingerprint density at radius 1 is 0.875 bits per heavy atom. The van der Waals surface area contributed by atoms with E-state index in [1.807, 2.05) is 54.6 Å². The van der Waals surface area contributed by atoms with E-state index in [1.54, 1.807) is 15.5 Å². The number of amides is 1. The minimum absolute atomic E-state index is 0.0102. The lowest BCUT2D eigenvalue weighted by Crippen LogP contribution is -2.43. The topological polar surface area (TPSA) is 76.8 Å². The van der Waals surface area contributed by atoms with Gasteiger partial charge >= 0.3 is 11.8 Å². The number of carbonyl (C=O) groups excluding carboxylic acids is 2. The van der Waals surface area contributed by atoms with Crippen molar-refractivity contribution in [2.75, 3.05) is 19.7 Å². The van der Waals surface area contributed by atoms with Gasteiger partial charge in [-0.05, 0) is 43.0 Å². The van der Waals surface area contributed by atoms with Crippen molar-refractivity contribution in [3.8, 4) is 0 Å². The molecule has 1 fully saturated rings. The lowest BCUT2D eigenvalue weighted by atomic mass is 10.0. The Kier molecular flexibility index (Phi) is 8.85. The van der Waals surface area contributed by atoms with E-state index in [0.29, 0.717) is 31.4 Å². The maximum absolute atomic E-state index is 13.1. The minimum atomic E-state index is -0.386. The van der Waals surface area contributed by atoms with E-state index in [-0.39, 0.29) is 35.2 Å². The first-order valence-corrected chi connectivity index (χ1v) is 14.3. The third-order valence-electron chi connectivity index (χ3n) is 7.62. The first kappa shape index (κ1) is 27.9. The summed E-state index contributed by atoms with van der Waals surface area (Å²) < 4.78 is 8.30. The normalized spacial score (nSPS) is 14.9. The Balaban J connectivity index is 1.20. The summed E-state index contributed by atoms with van der Waals surface area (Å²) in [6.45, 7) is 4.83. The summed E-state index contributed by atoms with van der Waals surface area (Å²) in [4.78, 5) is 42.3. The van der Waals surface area contributed by atoms with Crippen molar-refractivity contribution < 1.29 is 14.3 Å². The van der Waals surface area contributed by atoms with Gasteiger partial charge in [0.1, 0.15) is 11.4 Å². The van der Waals surface area contributed by atoms with Gasteiger partial charge in [-0.15, -0.1) is 0 Å². The van der Waals surface area contributed by atoms with Crippen molar-refractivity contribution in [3.63, 3.8) is 0 Å². The van der Waals surface area contributed by atoms with Gasteiger partial charge in [0, 0.05) is 38.3 Å². The molecule has 0 N–H and O–H groups in total. The highest BCUT2D eigenvalue weighted by Gasteiger charge is 2.29. The maximum atomic E-state index is 13.1. The van der Waals surface area contributed by atoms with Crippen LogP contribution in [0.25, 0.3) is 11.0 Å². The van der Waals surface area contributed by atoms with Gasteiger partial charge in [0.05, 0.1) is 11.0 Å². The monoisotopic (exact) mass is 552 g/mol. The molecule has 1 amide bonds. The number of hydrogen-bond acceptors (Lipinski definition) is 5. The molecular weight excluding hydrogens is 519 g/mol. The van der Waals surface area contributed by atoms with Crippen LogP contribution in [0.1, 0.15) is 36.9 Å². The number of nitrogens with zero attached hydrogens (tertiary/aromatic N) is 4. The van der Waals surface area contributed by atoms with Gasteiger partial charge in [0.2, 0.25) is 0 Å². The molecule has 9 heteroatoms. The summed E-state index contributed by atoms with van der Waals surface area (Å²) in [7, 11) is 0. The molecule has 2 heterocycles. The molecule has 1 aromatic heterocycles. The van der Waals surface area contributed by atoms with Crippen LogP contribution < -0.4 is 5.69 Å². The highest BCUT2D eigenvalue weighted by atomic mass is 27.0. The summed E-state index contributed by atoms with van der Waals surface area (Å²) in [6, 6.07) is 27.8. The summed E-state index contributed by atoms with van der Waals surface area (Å²) in [5.74, 6) is 0. The SMILES string of the molecule is CC(COC(=O)N1CCC(n2c(=O)n([C](=O)[Al])c3ccccc32)CC1)N(Cc1ccccc1)Cc1ccccc1. The van der Waals surface area contributed by atoms with Crippen molar-refractivity contribution in [2.45, 2.75) is 44.9 Å². The zero-order valence-corrected chi connectivity index (χ0v) is 23.8. The van der Waals surface area contributed by atoms with E-state index in [2.05, 4.69) is 52.4 Å². The van der Waals surface area contributed by atoms with Gasteiger partial charge in [-0.25, -0.2) is 14.2 Å². The molecule has 0 spiro atoms. The van der Waals surface area contributed by atoms with Crippen LogP contribution in [0.2, 0.25) is 0 Å². The molecule has 3 aromatic carbocycles. The Labute approximate surface area is 242 Å². The summed E-state index contributed by atoms with van der Waals surface area (Å²) in [6.07, 6.45) is 0.884. The molecule has 1 aliphatic rings. The molecule has 1 unspecified atom stereocenters. The van der Waals surface area contributed by atoms with Gasteiger partial charge in [0.15, 0.2) is 0 Å². The van der Waals surface area contributed by atoms with Crippen molar-refractivity contribution in [3.05, 3.63) is 107 Å². The van der Waals surface area contributed by atoms with Crippen LogP contribution in [0.3, 0.4) is 0 Å². The van der Waals surface area contributed by atoms with E-state index in [1.165, 1.54) is 15.7 Å². The summed E-state index contributed by atoms with van der Waals surface area (Å²) >= 11 is 2.08. The molecule has 8 nitrogen and oxygen atoms in total. The van der Waals surface area contributed by atoms with E-state index in [0.717, 1.165) is 18.6 Å². The fraction of sp³-hybridized carbons (Fsp3) is 0.323. The molecule has 1 saturated heterocycles. The smallest absolute Gasteiger partial charge is 0.409 e. The molecule has 4 aromatic rings. The van der Waals surface area contributed by atoms with Crippen molar-refractivity contribution in [1.29, 1.82) is 0 Å². The van der Waals surface area contributed by atoms with Gasteiger partial charge in [0.25, 0.3) is 16.3 Å². The first-order valence-electron chi connectivity index (χ1n) is 13.7. The molecule has 0 bridgehead atoms. The van der Waals surface area contributed by atoms with Gasteiger partial charge < -0.3 is 14.4 Å². The number of ether oxygens (including phenoxy) is 1. The predicted molar refractivity (Wildman–Crippen MR) is 156 cm³/mol. The lowest BCUT2D eigenvalue weighted by Gasteiger charge is -2.33. The Hall–Kier alpha value is -3.64. The lowest BCUT2D eigenvalue weighted by molar-refractivity contribution is 0.0567. The van der Waals surface area contributed by atoms with Crippen molar-refractivity contribution in [1.82, 2.24) is 18.9 Å². The van der Waals surface area contributed by atoms with Crippen LogP contribution in [0, 0.1) is 0 Å². The quantitative estimate of drug-likeness (QED) is 0.294. The largest absolute Gasteiger partial charge is 0.448 e. The molecule has 1 aliphatic heterocycles. The second kappa shape index (κ2) is 12.7. The average molecular weight is 553 g/mol. The number of fused-ring (bicyclic) bond motifs is 1. The third kappa shape index (κ3) is 6.23. The van der Waals surface area contributed by atoms with Gasteiger partial charge in [-0.1, -0.05) is 72.8 Å². The van der Waals surface area contributed by atoms with Crippen LogP contribution in [0.4, 0.5) is 9.59 Å². The van der Waals surface area contributed by atoms with E-state index in [9.17, 15) is 14.4 Å². The van der Waals surface area contributed by atoms with Gasteiger partial charge in [-0.2, -0.15) is 0 Å². The minimum Gasteiger partial charge on any atom is -0.448 e. The number of piperidine rings is 1. The average Bonchev–Trinajstić information content (AvgIpc) is 3.28. The Morgan fingerprint density at radius 3 is 1.95 bits per heavy atom. The molecule has 1 atom stereocenters. The molecule has 204 valence electrons. The number of carbonyl (C=O) groups is 2. The van der Waals surface area contributed by atoms with Crippen molar-refractivity contribution in [2.24, 2.45) is 0 Å². The molecule has 40 heavy (non-hydrogen) atoms. The second-order valence-corrected chi connectivity index (χ2v) is 10.8. The number of rotatable bonds is 8. The van der Waals surface area contributed by atoms with Crippen LogP contribution in [0.15, 0.2) is 89.7 Å². The molecular formula is C31H33AlN4O4. The van der Waals surface area contributed by atoms with Crippen LogP contribution in [-0.2, 0) is 17.8 Å². The number of likely N-dealkylation sites (tertiary alicyclic amines) is 1. The zero-order chi connectivity index (χ0) is 28.1. The zero-order valence-electron chi connectivity index (χ0n) is 22.7. The van der Waals surface area contributed by atoms with E-state index in [4.69, 9.17) is 4.74 Å². The number of hydrogen-bond donors (Lipinski definition) is 0. The highest BCUT2D eigenvalue weighted by molar-refractivity contribution is 6.58. The molecule has 5 rings (SSSR count). The van der Waals surface area contributed by atoms with Gasteiger partial charge in [-0.3, -0.25) is 9.47 Å². The van der Waals surface area contributed by atoms with E-state index < -0.39 is 0 Å². The van der Waals surface area contributed by atoms with Crippen molar-refractivity contribution >= 4 is 38.2 Å². The van der Waals surface area contributed by atoms with Crippen LogP contribution >= 0.6 is 0 Å². The van der Waals surface area contributed by atoms with E-state index >= 15 is 0 Å². The predicted octanol–water partition coefficient (Wildman–Crippen LogP) is 4.80. The fourth-order valence-electron chi connectivity index (χ4n) is 5.44. The highest BCUT2D eigenvalue weighted by Crippen LogP contribution is 2.26. The number of benzene rings is 3. The molecule has 2 radical (unpaired) electrons.